The van der Waals surface area contributed by atoms with Crippen molar-refractivity contribution in [3.63, 3.8) is 0 Å². The first-order valence-electron chi connectivity index (χ1n) is 4.23. The summed E-state index contributed by atoms with van der Waals surface area (Å²) in [5.41, 5.74) is 0. The Kier molecular flexibility index (Phi) is 5.95. The minimum absolute atomic E-state index is 0.145. The molecule has 14 heavy (non-hydrogen) atoms. The maximum atomic E-state index is 11.0. The number of carbonyl (C=O) groups is 1. The summed E-state index contributed by atoms with van der Waals surface area (Å²) in [6, 6.07) is 0. The fourth-order valence-electron chi connectivity index (χ4n) is 0.607. The topological polar surface area (TPSA) is 93.1 Å². The van der Waals surface area contributed by atoms with Gasteiger partial charge < -0.3 is 14.5 Å². The summed E-state index contributed by atoms with van der Waals surface area (Å²) in [6.07, 6.45) is 0.665. The van der Waals surface area contributed by atoms with Crippen molar-refractivity contribution in [1.82, 2.24) is 0 Å². The van der Waals surface area contributed by atoms with Crippen LogP contribution >= 0.6 is 7.82 Å². The summed E-state index contributed by atoms with van der Waals surface area (Å²) in [7, 11) is -4.45. The Labute approximate surface area is 82.5 Å². The molecule has 0 spiro atoms. The van der Waals surface area contributed by atoms with E-state index < -0.39 is 7.82 Å². The average molecular weight is 226 g/mol. The second-order valence-electron chi connectivity index (χ2n) is 2.80. The van der Waals surface area contributed by atoms with Crippen LogP contribution in [0.15, 0.2) is 0 Å². The largest absolute Gasteiger partial charge is 0.469 e. The molecule has 0 fully saturated rings. The van der Waals surface area contributed by atoms with Crippen LogP contribution in [0.25, 0.3) is 0 Å². The van der Waals surface area contributed by atoms with Gasteiger partial charge in [0.1, 0.15) is 6.61 Å². The van der Waals surface area contributed by atoms with Crippen molar-refractivity contribution in [3.8, 4) is 0 Å². The van der Waals surface area contributed by atoms with E-state index in [1.165, 1.54) is 0 Å². The van der Waals surface area contributed by atoms with E-state index in [1.807, 2.05) is 6.92 Å². The van der Waals surface area contributed by atoms with Crippen LogP contribution in [0.5, 0.6) is 0 Å². The molecular formula is C7H15O6P. The number of carbonyl (C=O) groups excluding carboxylic acids is 1. The first kappa shape index (κ1) is 13.6. The van der Waals surface area contributed by atoms with Crippen molar-refractivity contribution in [1.29, 1.82) is 0 Å². The molecule has 0 aromatic rings. The monoisotopic (exact) mass is 226 g/mol. The number of esters is 1. The van der Waals surface area contributed by atoms with Gasteiger partial charge in [0.25, 0.3) is 0 Å². The number of ether oxygens (including phenoxy) is 1. The van der Waals surface area contributed by atoms with Gasteiger partial charge in [0, 0.05) is 0 Å². The quantitative estimate of drug-likeness (QED) is 0.393. The van der Waals surface area contributed by atoms with Crippen molar-refractivity contribution in [2.75, 3.05) is 13.2 Å². The van der Waals surface area contributed by atoms with Crippen molar-refractivity contribution in [2.24, 2.45) is 5.92 Å². The third-order valence-electron chi connectivity index (χ3n) is 1.60. The van der Waals surface area contributed by atoms with Crippen molar-refractivity contribution < 1.29 is 28.4 Å². The maximum Gasteiger partial charge on any atom is 0.469 e. The minimum atomic E-state index is -4.45. The summed E-state index contributed by atoms with van der Waals surface area (Å²) in [4.78, 5) is 27.6. The minimum Gasteiger partial charge on any atom is -0.463 e. The molecule has 0 radical (unpaired) electrons. The molecule has 0 bridgehead atoms. The summed E-state index contributed by atoms with van der Waals surface area (Å²) in [5.74, 6) is -0.591. The molecule has 0 aliphatic carbocycles. The van der Waals surface area contributed by atoms with E-state index in [0.29, 0.717) is 6.42 Å². The van der Waals surface area contributed by atoms with Gasteiger partial charge in [-0.3, -0.25) is 9.32 Å². The molecule has 0 aliphatic heterocycles. The first-order chi connectivity index (χ1) is 6.37. The van der Waals surface area contributed by atoms with Crippen LogP contribution in [0.2, 0.25) is 0 Å². The second-order valence-corrected chi connectivity index (χ2v) is 4.04. The highest BCUT2D eigenvalue weighted by Crippen LogP contribution is 2.35. The van der Waals surface area contributed by atoms with Crippen LogP contribution in [0.1, 0.15) is 20.3 Å². The predicted molar refractivity (Wildman–Crippen MR) is 48.4 cm³/mol. The molecule has 0 aliphatic rings. The van der Waals surface area contributed by atoms with E-state index in [2.05, 4.69) is 9.26 Å². The molecule has 0 aromatic heterocycles. The zero-order valence-electron chi connectivity index (χ0n) is 8.17. The van der Waals surface area contributed by atoms with Crippen LogP contribution < -0.4 is 0 Å². The van der Waals surface area contributed by atoms with Gasteiger partial charge in [-0.1, -0.05) is 13.8 Å². The highest BCUT2D eigenvalue weighted by atomic mass is 31.2. The molecule has 0 saturated heterocycles. The fourth-order valence-corrected chi connectivity index (χ4v) is 0.920. The molecule has 0 saturated carbocycles. The van der Waals surface area contributed by atoms with Gasteiger partial charge in [-0.2, -0.15) is 0 Å². The number of rotatable bonds is 6. The Morgan fingerprint density at radius 1 is 1.43 bits per heavy atom. The van der Waals surface area contributed by atoms with Gasteiger partial charge in [-0.15, -0.1) is 0 Å². The molecular weight excluding hydrogens is 211 g/mol. The SMILES string of the molecule is CCC(C)C(=O)OCCOP(=O)(O)O. The lowest BCUT2D eigenvalue weighted by Gasteiger charge is -2.09. The maximum absolute atomic E-state index is 11.0. The number of phosphoric ester groups is 1. The molecule has 6 nitrogen and oxygen atoms in total. The van der Waals surface area contributed by atoms with E-state index in [9.17, 15) is 9.36 Å². The van der Waals surface area contributed by atoms with Crippen molar-refractivity contribution in [2.45, 2.75) is 20.3 Å². The number of hydrogen-bond donors (Lipinski definition) is 2. The van der Waals surface area contributed by atoms with Crippen LogP contribution in [0, 0.1) is 5.92 Å². The van der Waals surface area contributed by atoms with E-state index >= 15 is 0 Å². The van der Waals surface area contributed by atoms with Crippen molar-refractivity contribution in [3.05, 3.63) is 0 Å². The standard InChI is InChI=1S/C7H15O6P/c1-3-6(2)7(8)12-4-5-13-14(9,10)11/h6H,3-5H2,1-2H3,(H2,9,10,11). The highest BCUT2D eigenvalue weighted by Gasteiger charge is 2.15. The second kappa shape index (κ2) is 6.14. The average Bonchev–Trinajstić information content (AvgIpc) is 2.09. The van der Waals surface area contributed by atoms with Gasteiger partial charge in [0.2, 0.25) is 0 Å². The molecule has 84 valence electrons. The molecule has 0 aromatic carbocycles. The van der Waals surface area contributed by atoms with Gasteiger partial charge in [-0.25, -0.2) is 4.57 Å². The summed E-state index contributed by atoms with van der Waals surface area (Å²) >= 11 is 0. The first-order valence-corrected chi connectivity index (χ1v) is 5.76. The zero-order chi connectivity index (χ0) is 11.2. The zero-order valence-corrected chi connectivity index (χ0v) is 9.07. The number of hydrogen-bond acceptors (Lipinski definition) is 4. The molecule has 0 amide bonds. The smallest absolute Gasteiger partial charge is 0.463 e. The van der Waals surface area contributed by atoms with Gasteiger partial charge in [-0.05, 0) is 6.42 Å². The highest BCUT2D eigenvalue weighted by molar-refractivity contribution is 7.46. The third-order valence-corrected chi connectivity index (χ3v) is 2.12. The Morgan fingerprint density at radius 2 is 2.00 bits per heavy atom. The van der Waals surface area contributed by atoms with E-state index in [-0.39, 0.29) is 25.1 Å². The summed E-state index contributed by atoms with van der Waals surface area (Å²) in [6.45, 7) is 3.12. The lowest BCUT2D eigenvalue weighted by atomic mass is 10.1. The normalized spacial score (nSPS) is 13.7. The Hall–Kier alpha value is -0.420. The molecule has 2 N–H and O–H groups in total. The fraction of sp³-hybridized carbons (Fsp3) is 0.857. The molecule has 0 heterocycles. The lowest BCUT2D eigenvalue weighted by Crippen LogP contribution is -2.16. The van der Waals surface area contributed by atoms with E-state index in [1.54, 1.807) is 6.92 Å². The molecule has 7 heteroatoms. The lowest BCUT2D eigenvalue weighted by molar-refractivity contribution is -0.148. The predicted octanol–water partition coefficient (Wildman–Crippen LogP) is 0.685. The molecule has 1 atom stereocenters. The Balaban J connectivity index is 3.55. The van der Waals surface area contributed by atoms with Crippen LogP contribution in [-0.2, 0) is 18.6 Å². The summed E-state index contributed by atoms with van der Waals surface area (Å²) < 4.78 is 19.0. The van der Waals surface area contributed by atoms with Crippen LogP contribution in [-0.4, -0.2) is 29.0 Å². The molecule has 0 rings (SSSR count). The Morgan fingerprint density at radius 3 is 2.43 bits per heavy atom. The van der Waals surface area contributed by atoms with Gasteiger partial charge in [0.05, 0.1) is 12.5 Å². The van der Waals surface area contributed by atoms with Gasteiger partial charge >= 0.3 is 13.8 Å². The van der Waals surface area contributed by atoms with E-state index in [0.717, 1.165) is 0 Å². The molecule has 1 unspecified atom stereocenters. The van der Waals surface area contributed by atoms with Crippen LogP contribution in [0.4, 0.5) is 0 Å². The number of phosphoric acid groups is 1. The Bertz CT molecular complexity index is 222. The van der Waals surface area contributed by atoms with Crippen LogP contribution in [0.3, 0.4) is 0 Å². The van der Waals surface area contributed by atoms with Crippen molar-refractivity contribution >= 4 is 13.8 Å². The summed E-state index contributed by atoms with van der Waals surface area (Å²) in [5, 5.41) is 0. The third kappa shape index (κ3) is 7.03. The van der Waals surface area contributed by atoms with E-state index in [4.69, 9.17) is 9.79 Å². The van der Waals surface area contributed by atoms with Gasteiger partial charge in [0.15, 0.2) is 0 Å².